The highest BCUT2D eigenvalue weighted by molar-refractivity contribution is 5.35. The molecule has 1 saturated carbocycles. The maximum atomic E-state index is 5.79. The second kappa shape index (κ2) is 3.53. The minimum absolute atomic E-state index is 0.0178. The van der Waals surface area contributed by atoms with Crippen LogP contribution < -0.4 is 11.1 Å². The Kier molecular flexibility index (Phi) is 2.37. The number of rotatable bonds is 4. The standard InChI is InChI=1S/C10H16N4/c1-10(7-11,8-2-3-8)14-9-6-12-4-5-13-9/h4-6,8H,2-3,7,11H2,1H3,(H,13,14). The highest BCUT2D eigenvalue weighted by atomic mass is 15.1. The van der Waals surface area contributed by atoms with Gasteiger partial charge in [-0.25, -0.2) is 4.98 Å². The van der Waals surface area contributed by atoms with Crippen LogP contribution in [-0.4, -0.2) is 22.1 Å². The van der Waals surface area contributed by atoms with E-state index in [1.165, 1.54) is 12.8 Å². The first-order valence-corrected chi connectivity index (χ1v) is 4.99. The summed E-state index contributed by atoms with van der Waals surface area (Å²) in [6.07, 6.45) is 7.62. The lowest BCUT2D eigenvalue weighted by Crippen LogP contribution is -2.44. The van der Waals surface area contributed by atoms with E-state index in [0.717, 1.165) is 5.82 Å². The summed E-state index contributed by atoms with van der Waals surface area (Å²) in [5.74, 6) is 1.50. The molecular weight excluding hydrogens is 176 g/mol. The van der Waals surface area contributed by atoms with E-state index in [2.05, 4.69) is 22.2 Å². The molecule has 0 radical (unpaired) electrons. The minimum atomic E-state index is -0.0178. The molecule has 0 amide bonds. The summed E-state index contributed by atoms with van der Waals surface area (Å²) in [6, 6.07) is 0. The summed E-state index contributed by atoms with van der Waals surface area (Å²) in [5, 5.41) is 3.37. The molecule has 1 atom stereocenters. The first-order chi connectivity index (χ1) is 6.74. The predicted molar refractivity (Wildman–Crippen MR) is 55.8 cm³/mol. The number of nitrogens with zero attached hydrogens (tertiary/aromatic N) is 2. The van der Waals surface area contributed by atoms with Crippen molar-refractivity contribution in [3.8, 4) is 0 Å². The van der Waals surface area contributed by atoms with E-state index < -0.39 is 0 Å². The molecule has 0 saturated heterocycles. The summed E-state index contributed by atoms with van der Waals surface area (Å²) in [5.41, 5.74) is 5.77. The van der Waals surface area contributed by atoms with E-state index in [0.29, 0.717) is 12.5 Å². The summed E-state index contributed by atoms with van der Waals surface area (Å²) in [6.45, 7) is 2.79. The molecule has 1 heterocycles. The van der Waals surface area contributed by atoms with Crippen molar-refractivity contribution in [2.75, 3.05) is 11.9 Å². The van der Waals surface area contributed by atoms with Crippen molar-refractivity contribution in [2.45, 2.75) is 25.3 Å². The van der Waals surface area contributed by atoms with Crippen LogP contribution in [0.2, 0.25) is 0 Å². The second-order valence-corrected chi connectivity index (χ2v) is 4.11. The van der Waals surface area contributed by atoms with Crippen LogP contribution in [0, 0.1) is 5.92 Å². The second-order valence-electron chi connectivity index (χ2n) is 4.11. The molecule has 4 nitrogen and oxygen atoms in total. The molecule has 1 aromatic rings. The van der Waals surface area contributed by atoms with Crippen molar-refractivity contribution in [3.63, 3.8) is 0 Å². The van der Waals surface area contributed by atoms with Gasteiger partial charge in [0.05, 0.1) is 11.7 Å². The Morgan fingerprint density at radius 1 is 1.57 bits per heavy atom. The number of hydrogen-bond acceptors (Lipinski definition) is 4. The lowest BCUT2D eigenvalue weighted by molar-refractivity contribution is 0.457. The minimum Gasteiger partial charge on any atom is -0.362 e. The molecule has 76 valence electrons. The molecule has 0 aromatic carbocycles. The van der Waals surface area contributed by atoms with E-state index in [-0.39, 0.29) is 5.54 Å². The van der Waals surface area contributed by atoms with Crippen molar-refractivity contribution in [2.24, 2.45) is 11.7 Å². The molecule has 1 aromatic heterocycles. The molecule has 14 heavy (non-hydrogen) atoms. The van der Waals surface area contributed by atoms with E-state index in [9.17, 15) is 0 Å². The van der Waals surface area contributed by atoms with Crippen LogP contribution in [0.5, 0.6) is 0 Å². The van der Waals surface area contributed by atoms with Crippen molar-refractivity contribution in [1.29, 1.82) is 0 Å². The number of nitrogens with two attached hydrogens (primary N) is 1. The van der Waals surface area contributed by atoms with Crippen LogP contribution in [0.4, 0.5) is 5.82 Å². The number of anilines is 1. The fraction of sp³-hybridized carbons (Fsp3) is 0.600. The monoisotopic (exact) mass is 192 g/mol. The van der Waals surface area contributed by atoms with Gasteiger partial charge in [-0.2, -0.15) is 0 Å². The predicted octanol–water partition coefficient (Wildman–Crippen LogP) is 1.02. The average molecular weight is 192 g/mol. The number of aromatic nitrogens is 2. The zero-order valence-electron chi connectivity index (χ0n) is 8.40. The lowest BCUT2D eigenvalue weighted by atomic mass is 9.96. The molecular formula is C10H16N4. The van der Waals surface area contributed by atoms with Crippen molar-refractivity contribution in [1.82, 2.24) is 9.97 Å². The van der Waals surface area contributed by atoms with Gasteiger partial charge in [0.2, 0.25) is 0 Å². The quantitative estimate of drug-likeness (QED) is 0.747. The van der Waals surface area contributed by atoms with E-state index in [1.807, 2.05) is 0 Å². The topological polar surface area (TPSA) is 63.8 Å². The third kappa shape index (κ3) is 1.85. The molecule has 1 unspecified atom stereocenters. The van der Waals surface area contributed by atoms with Crippen LogP contribution in [0.15, 0.2) is 18.6 Å². The number of nitrogens with one attached hydrogen (secondary N) is 1. The summed E-state index contributed by atoms with van der Waals surface area (Å²) < 4.78 is 0. The highest BCUT2D eigenvalue weighted by Crippen LogP contribution is 2.40. The van der Waals surface area contributed by atoms with E-state index >= 15 is 0 Å². The average Bonchev–Trinajstić information content (AvgIpc) is 3.03. The molecule has 1 fully saturated rings. The van der Waals surface area contributed by atoms with Gasteiger partial charge < -0.3 is 11.1 Å². The van der Waals surface area contributed by atoms with Gasteiger partial charge in [0.15, 0.2) is 0 Å². The van der Waals surface area contributed by atoms with Gasteiger partial charge in [-0.3, -0.25) is 4.98 Å². The summed E-state index contributed by atoms with van der Waals surface area (Å²) in [7, 11) is 0. The van der Waals surface area contributed by atoms with Crippen LogP contribution in [-0.2, 0) is 0 Å². The largest absolute Gasteiger partial charge is 0.362 e. The van der Waals surface area contributed by atoms with Gasteiger partial charge in [-0.1, -0.05) is 0 Å². The molecule has 2 rings (SSSR count). The molecule has 0 aliphatic heterocycles. The Labute approximate surface area is 83.9 Å². The third-order valence-electron chi connectivity index (χ3n) is 2.88. The Morgan fingerprint density at radius 3 is 2.86 bits per heavy atom. The maximum Gasteiger partial charge on any atom is 0.144 e. The highest BCUT2D eigenvalue weighted by Gasteiger charge is 2.40. The maximum absolute atomic E-state index is 5.79. The Balaban J connectivity index is 2.08. The van der Waals surface area contributed by atoms with Gasteiger partial charge in [-0.15, -0.1) is 0 Å². The normalized spacial score (nSPS) is 20.1. The molecule has 0 spiro atoms. The van der Waals surface area contributed by atoms with Crippen molar-refractivity contribution in [3.05, 3.63) is 18.6 Å². The smallest absolute Gasteiger partial charge is 0.144 e. The van der Waals surface area contributed by atoms with Gasteiger partial charge >= 0.3 is 0 Å². The lowest BCUT2D eigenvalue weighted by Gasteiger charge is -2.29. The number of hydrogen-bond donors (Lipinski definition) is 2. The Bertz CT molecular complexity index is 296. The van der Waals surface area contributed by atoms with Crippen LogP contribution in [0.25, 0.3) is 0 Å². The van der Waals surface area contributed by atoms with E-state index in [4.69, 9.17) is 5.73 Å². The summed E-state index contributed by atoms with van der Waals surface area (Å²) in [4.78, 5) is 8.21. The molecule has 0 bridgehead atoms. The molecule has 1 aliphatic rings. The van der Waals surface area contributed by atoms with E-state index in [1.54, 1.807) is 18.6 Å². The molecule has 1 aliphatic carbocycles. The first-order valence-electron chi connectivity index (χ1n) is 4.99. The zero-order chi connectivity index (χ0) is 10.0. The third-order valence-corrected chi connectivity index (χ3v) is 2.88. The van der Waals surface area contributed by atoms with Crippen LogP contribution >= 0.6 is 0 Å². The Hall–Kier alpha value is -1.16. The summed E-state index contributed by atoms with van der Waals surface area (Å²) >= 11 is 0. The fourth-order valence-corrected chi connectivity index (χ4v) is 1.70. The van der Waals surface area contributed by atoms with Gasteiger partial charge in [-0.05, 0) is 25.7 Å². The van der Waals surface area contributed by atoms with Gasteiger partial charge in [0.25, 0.3) is 0 Å². The van der Waals surface area contributed by atoms with Gasteiger partial charge in [0.1, 0.15) is 5.82 Å². The van der Waals surface area contributed by atoms with Crippen molar-refractivity contribution < 1.29 is 0 Å². The van der Waals surface area contributed by atoms with Crippen molar-refractivity contribution >= 4 is 5.82 Å². The van der Waals surface area contributed by atoms with Gasteiger partial charge in [0, 0.05) is 18.9 Å². The first kappa shape index (κ1) is 9.40. The zero-order valence-corrected chi connectivity index (χ0v) is 8.40. The Morgan fingerprint density at radius 2 is 2.36 bits per heavy atom. The molecule has 3 N–H and O–H groups in total. The van der Waals surface area contributed by atoms with Crippen LogP contribution in [0.1, 0.15) is 19.8 Å². The SMILES string of the molecule is CC(CN)(Nc1cnccn1)C1CC1. The molecule has 4 heteroatoms. The fourth-order valence-electron chi connectivity index (χ4n) is 1.70. The van der Waals surface area contributed by atoms with Crippen LogP contribution in [0.3, 0.4) is 0 Å².